The highest BCUT2D eigenvalue weighted by Crippen LogP contribution is 2.20. The van der Waals surface area contributed by atoms with Crippen LogP contribution in [0, 0.1) is 0 Å². The Bertz CT molecular complexity index is 330. The smallest absolute Gasteiger partial charge is 0.233 e. The number of thioether (sulfide) groups is 1. The monoisotopic (exact) mass is 240 g/mol. The van der Waals surface area contributed by atoms with Crippen molar-refractivity contribution in [2.45, 2.75) is 30.2 Å². The molecule has 2 unspecified atom stereocenters. The average Bonchev–Trinajstić information content (AvgIpc) is 2.27. The SMILES string of the molecule is CC(O)CNC(=O)C(C)Sc1ccccn1. The molecule has 4 nitrogen and oxygen atoms in total. The minimum atomic E-state index is -0.518. The first-order valence-corrected chi connectivity index (χ1v) is 6.01. The zero-order valence-electron chi connectivity index (χ0n) is 9.38. The second kappa shape index (κ2) is 6.50. The second-order valence-corrected chi connectivity index (χ2v) is 4.88. The third-order valence-electron chi connectivity index (χ3n) is 1.88. The molecule has 1 rings (SSSR count). The predicted octanol–water partition coefficient (Wildman–Crippen LogP) is 1.06. The summed E-state index contributed by atoms with van der Waals surface area (Å²) in [6.45, 7) is 3.74. The van der Waals surface area contributed by atoms with Crippen LogP contribution >= 0.6 is 11.8 Å². The molecule has 5 heteroatoms. The highest BCUT2D eigenvalue weighted by atomic mass is 32.2. The van der Waals surface area contributed by atoms with Crippen LogP contribution in [0.5, 0.6) is 0 Å². The maximum atomic E-state index is 11.6. The van der Waals surface area contributed by atoms with Crippen LogP contribution in [-0.2, 0) is 4.79 Å². The number of hydrogen-bond donors (Lipinski definition) is 2. The number of aromatic nitrogens is 1. The Morgan fingerprint density at radius 1 is 1.56 bits per heavy atom. The maximum absolute atomic E-state index is 11.6. The van der Waals surface area contributed by atoms with Gasteiger partial charge in [0.25, 0.3) is 0 Å². The first-order valence-electron chi connectivity index (χ1n) is 5.13. The molecule has 2 N–H and O–H groups in total. The molecule has 0 saturated carbocycles. The first-order chi connectivity index (χ1) is 7.59. The van der Waals surface area contributed by atoms with E-state index < -0.39 is 6.10 Å². The van der Waals surface area contributed by atoms with Crippen molar-refractivity contribution in [3.8, 4) is 0 Å². The lowest BCUT2D eigenvalue weighted by molar-refractivity contribution is -0.120. The molecule has 0 fully saturated rings. The highest BCUT2D eigenvalue weighted by molar-refractivity contribution is 8.00. The predicted molar refractivity (Wildman–Crippen MR) is 64.2 cm³/mol. The molecule has 88 valence electrons. The summed E-state index contributed by atoms with van der Waals surface area (Å²) in [5.74, 6) is -0.0865. The number of amides is 1. The number of carbonyl (C=O) groups is 1. The number of hydrogen-bond acceptors (Lipinski definition) is 4. The van der Waals surface area contributed by atoms with E-state index in [2.05, 4.69) is 10.3 Å². The summed E-state index contributed by atoms with van der Waals surface area (Å²) in [5.41, 5.74) is 0. The van der Waals surface area contributed by atoms with E-state index in [9.17, 15) is 4.79 Å². The zero-order chi connectivity index (χ0) is 12.0. The molecule has 16 heavy (non-hydrogen) atoms. The molecule has 1 aromatic rings. The fraction of sp³-hybridized carbons (Fsp3) is 0.455. The quantitative estimate of drug-likeness (QED) is 0.755. The van der Waals surface area contributed by atoms with Gasteiger partial charge in [-0.2, -0.15) is 0 Å². The number of rotatable bonds is 5. The van der Waals surface area contributed by atoms with Gasteiger partial charge >= 0.3 is 0 Å². The van der Waals surface area contributed by atoms with E-state index >= 15 is 0 Å². The number of aliphatic hydroxyl groups is 1. The molecular formula is C11H16N2O2S. The first kappa shape index (κ1) is 13.0. The molecule has 0 saturated heterocycles. The van der Waals surface area contributed by atoms with Crippen molar-refractivity contribution in [1.29, 1.82) is 0 Å². The minimum absolute atomic E-state index is 0.0865. The highest BCUT2D eigenvalue weighted by Gasteiger charge is 2.14. The van der Waals surface area contributed by atoms with Crippen LogP contribution in [-0.4, -0.2) is 33.9 Å². The molecule has 1 amide bonds. The summed E-state index contributed by atoms with van der Waals surface area (Å²) in [4.78, 5) is 15.7. The Morgan fingerprint density at radius 2 is 2.31 bits per heavy atom. The van der Waals surface area contributed by atoms with E-state index in [1.807, 2.05) is 25.1 Å². The van der Waals surface area contributed by atoms with Crippen LogP contribution in [0.2, 0.25) is 0 Å². The summed E-state index contributed by atoms with van der Waals surface area (Å²) < 4.78 is 0. The van der Waals surface area contributed by atoms with Crippen LogP contribution < -0.4 is 5.32 Å². The molecular weight excluding hydrogens is 224 g/mol. The Kier molecular flexibility index (Phi) is 5.28. The zero-order valence-corrected chi connectivity index (χ0v) is 10.2. The van der Waals surface area contributed by atoms with Gasteiger partial charge < -0.3 is 10.4 Å². The molecule has 1 aromatic heterocycles. The van der Waals surface area contributed by atoms with Gasteiger partial charge in [0.1, 0.15) is 0 Å². The van der Waals surface area contributed by atoms with Gasteiger partial charge in [-0.3, -0.25) is 4.79 Å². The number of nitrogens with one attached hydrogen (secondary N) is 1. The third-order valence-corrected chi connectivity index (χ3v) is 2.93. The van der Waals surface area contributed by atoms with Crippen LogP contribution in [0.1, 0.15) is 13.8 Å². The van der Waals surface area contributed by atoms with Crippen molar-refractivity contribution in [2.75, 3.05) is 6.54 Å². The lowest BCUT2D eigenvalue weighted by atomic mass is 10.4. The Morgan fingerprint density at radius 3 is 2.88 bits per heavy atom. The normalized spacial score (nSPS) is 14.2. The number of carbonyl (C=O) groups excluding carboxylic acids is 1. The lowest BCUT2D eigenvalue weighted by Crippen LogP contribution is -2.35. The standard InChI is InChI=1S/C11H16N2O2S/c1-8(14)7-13-11(15)9(2)16-10-5-3-4-6-12-10/h3-6,8-9,14H,7H2,1-2H3,(H,13,15). The molecule has 0 bridgehead atoms. The molecule has 0 aliphatic carbocycles. The fourth-order valence-electron chi connectivity index (χ4n) is 1.04. The van der Waals surface area contributed by atoms with Crippen molar-refractivity contribution in [3.05, 3.63) is 24.4 Å². The van der Waals surface area contributed by atoms with E-state index in [4.69, 9.17) is 5.11 Å². The van der Waals surface area contributed by atoms with Crippen molar-refractivity contribution < 1.29 is 9.90 Å². The summed E-state index contributed by atoms with van der Waals surface area (Å²) in [6.07, 6.45) is 1.18. The van der Waals surface area contributed by atoms with Crippen LogP contribution in [0.4, 0.5) is 0 Å². The van der Waals surface area contributed by atoms with Gasteiger partial charge in [0.2, 0.25) is 5.91 Å². The Hall–Kier alpha value is -1.07. The van der Waals surface area contributed by atoms with E-state index in [0.717, 1.165) is 5.03 Å². The molecule has 1 heterocycles. The van der Waals surface area contributed by atoms with E-state index in [1.54, 1.807) is 13.1 Å². The van der Waals surface area contributed by atoms with Gasteiger partial charge in [0, 0.05) is 12.7 Å². The summed E-state index contributed by atoms with van der Waals surface area (Å²) >= 11 is 1.40. The Labute approximate surface area is 99.5 Å². The van der Waals surface area contributed by atoms with E-state index in [-0.39, 0.29) is 17.7 Å². The van der Waals surface area contributed by atoms with Gasteiger partial charge in [-0.05, 0) is 26.0 Å². The van der Waals surface area contributed by atoms with E-state index in [0.29, 0.717) is 0 Å². The summed E-state index contributed by atoms with van der Waals surface area (Å²) in [7, 11) is 0. The number of aliphatic hydroxyl groups excluding tert-OH is 1. The molecule has 0 radical (unpaired) electrons. The van der Waals surface area contributed by atoms with Crippen LogP contribution in [0.15, 0.2) is 29.4 Å². The molecule has 0 spiro atoms. The van der Waals surface area contributed by atoms with E-state index in [1.165, 1.54) is 11.8 Å². The number of nitrogens with zero attached hydrogens (tertiary/aromatic N) is 1. The largest absolute Gasteiger partial charge is 0.392 e. The Balaban J connectivity index is 2.40. The van der Waals surface area contributed by atoms with Gasteiger partial charge in [0.05, 0.1) is 16.4 Å². The maximum Gasteiger partial charge on any atom is 0.233 e. The van der Waals surface area contributed by atoms with Gasteiger partial charge in [0.15, 0.2) is 0 Å². The van der Waals surface area contributed by atoms with Crippen LogP contribution in [0.3, 0.4) is 0 Å². The van der Waals surface area contributed by atoms with Crippen molar-refractivity contribution in [1.82, 2.24) is 10.3 Å². The fourth-order valence-corrected chi connectivity index (χ4v) is 1.87. The second-order valence-electron chi connectivity index (χ2n) is 3.52. The van der Waals surface area contributed by atoms with Crippen LogP contribution in [0.25, 0.3) is 0 Å². The van der Waals surface area contributed by atoms with Gasteiger partial charge in [-0.25, -0.2) is 4.98 Å². The lowest BCUT2D eigenvalue weighted by Gasteiger charge is -2.12. The van der Waals surface area contributed by atoms with Gasteiger partial charge in [-0.1, -0.05) is 17.8 Å². The topological polar surface area (TPSA) is 62.2 Å². The minimum Gasteiger partial charge on any atom is -0.392 e. The van der Waals surface area contributed by atoms with Crippen molar-refractivity contribution in [3.63, 3.8) is 0 Å². The molecule has 2 atom stereocenters. The van der Waals surface area contributed by atoms with Crippen molar-refractivity contribution >= 4 is 17.7 Å². The summed E-state index contributed by atoms with van der Waals surface area (Å²) in [6, 6.07) is 5.58. The molecule has 0 aliphatic rings. The summed E-state index contributed by atoms with van der Waals surface area (Å²) in [5, 5.41) is 12.3. The van der Waals surface area contributed by atoms with Gasteiger partial charge in [-0.15, -0.1) is 0 Å². The van der Waals surface area contributed by atoms with Crippen molar-refractivity contribution in [2.24, 2.45) is 0 Å². The number of pyridine rings is 1. The molecule has 0 aliphatic heterocycles. The third kappa shape index (κ3) is 4.63. The molecule has 0 aromatic carbocycles. The average molecular weight is 240 g/mol.